The van der Waals surface area contributed by atoms with Crippen molar-refractivity contribution in [1.82, 2.24) is 10.0 Å². The Kier molecular flexibility index (Phi) is 9.92. The number of nitrogens with two attached hydrogens (primary N) is 1. The molecule has 0 aromatic heterocycles. The van der Waals surface area contributed by atoms with E-state index >= 15 is 0 Å². The molecule has 0 saturated carbocycles. The van der Waals surface area contributed by atoms with E-state index in [1.807, 2.05) is 6.92 Å². The molecular weight excluding hydrogens is 427 g/mol. The Bertz CT molecular complexity index is 566. The molecule has 0 amide bonds. The van der Waals surface area contributed by atoms with Crippen molar-refractivity contribution >= 4 is 51.6 Å². The van der Waals surface area contributed by atoms with Gasteiger partial charge in [0.2, 0.25) is 10.0 Å². The van der Waals surface area contributed by atoms with E-state index in [9.17, 15) is 8.42 Å². The highest BCUT2D eigenvalue weighted by atomic mass is 127. The van der Waals surface area contributed by atoms with Gasteiger partial charge in [-0.15, -0.1) is 24.0 Å². The molecule has 0 atom stereocenters. The van der Waals surface area contributed by atoms with Crippen LogP contribution in [0.2, 0.25) is 5.02 Å². The Balaban J connectivity index is 0.00000400. The maximum absolute atomic E-state index is 11.9. The zero-order valence-corrected chi connectivity index (χ0v) is 15.6. The molecule has 21 heavy (non-hydrogen) atoms. The van der Waals surface area contributed by atoms with Crippen LogP contribution in [0.5, 0.6) is 0 Å². The Morgan fingerprint density at radius 2 is 2.10 bits per heavy atom. The quantitative estimate of drug-likeness (QED) is 0.256. The average Bonchev–Trinajstić information content (AvgIpc) is 2.41. The fourth-order valence-corrected chi connectivity index (χ4v) is 2.71. The van der Waals surface area contributed by atoms with Crippen molar-refractivity contribution in [2.75, 3.05) is 19.6 Å². The van der Waals surface area contributed by atoms with E-state index in [0.717, 1.165) is 6.42 Å². The highest BCUT2D eigenvalue weighted by molar-refractivity contribution is 14.0. The molecule has 1 aromatic carbocycles. The number of hydrogen-bond acceptors (Lipinski definition) is 3. The summed E-state index contributed by atoms with van der Waals surface area (Å²) in [6, 6.07) is 6.09. The van der Waals surface area contributed by atoms with Gasteiger partial charge in [-0.3, -0.25) is 4.99 Å². The molecule has 0 aliphatic heterocycles. The summed E-state index contributed by atoms with van der Waals surface area (Å²) < 4.78 is 26.3. The standard InChI is InChI=1S/C12H19ClN4O2S.HI/c1-2-6-15-12(14)16-7-8-17-20(18,19)11-5-3-4-10(13)9-11;/h3-5,9,17H,2,6-8H2,1H3,(H3,14,15,16);1H. The number of sulfonamides is 1. The first kappa shape index (κ1) is 20.4. The van der Waals surface area contributed by atoms with Gasteiger partial charge in [0, 0.05) is 24.7 Å². The van der Waals surface area contributed by atoms with Crippen LogP contribution in [0.15, 0.2) is 34.2 Å². The van der Waals surface area contributed by atoms with Crippen molar-refractivity contribution in [3.63, 3.8) is 0 Å². The van der Waals surface area contributed by atoms with Gasteiger partial charge in [0.15, 0.2) is 5.96 Å². The molecule has 0 aliphatic carbocycles. The Morgan fingerprint density at radius 3 is 2.71 bits per heavy atom. The summed E-state index contributed by atoms with van der Waals surface area (Å²) in [6.07, 6.45) is 0.907. The summed E-state index contributed by atoms with van der Waals surface area (Å²) in [5.41, 5.74) is 5.58. The molecule has 6 nitrogen and oxygen atoms in total. The van der Waals surface area contributed by atoms with Gasteiger partial charge in [-0.25, -0.2) is 13.1 Å². The van der Waals surface area contributed by atoms with Gasteiger partial charge < -0.3 is 11.1 Å². The lowest BCUT2D eigenvalue weighted by Crippen LogP contribution is -2.38. The molecule has 1 rings (SSSR count). The lowest BCUT2D eigenvalue weighted by atomic mass is 10.4. The van der Waals surface area contributed by atoms with Crippen molar-refractivity contribution in [3.05, 3.63) is 29.3 Å². The van der Waals surface area contributed by atoms with Gasteiger partial charge in [0.05, 0.1) is 4.90 Å². The van der Waals surface area contributed by atoms with Crippen molar-refractivity contribution in [2.45, 2.75) is 18.2 Å². The van der Waals surface area contributed by atoms with Gasteiger partial charge in [-0.2, -0.15) is 0 Å². The zero-order chi connectivity index (χ0) is 15.0. The number of aliphatic imine (C=N–C) groups is 1. The van der Waals surface area contributed by atoms with Crippen LogP contribution < -0.4 is 15.8 Å². The third-order valence-electron chi connectivity index (χ3n) is 2.34. The molecule has 0 unspecified atom stereocenters. The van der Waals surface area contributed by atoms with Crippen LogP contribution in [0.3, 0.4) is 0 Å². The highest BCUT2D eigenvalue weighted by Gasteiger charge is 2.13. The fourth-order valence-electron chi connectivity index (χ4n) is 1.38. The van der Waals surface area contributed by atoms with E-state index in [-0.39, 0.29) is 35.4 Å². The Morgan fingerprint density at radius 1 is 1.38 bits per heavy atom. The monoisotopic (exact) mass is 446 g/mol. The number of hydrogen-bond donors (Lipinski definition) is 3. The second kappa shape index (κ2) is 10.2. The van der Waals surface area contributed by atoms with Crippen LogP contribution in [0, 0.1) is 0 Å². The molecule has 0 saturated heterocycles. The second-order valence-electron chi connectivity index (χ2n) is 4.05. The molecule has 1 aromatic rings. The average molecular weight is 447 g/mol. The normalized spacial score (nSPS) is 11.8. The molecule has 0 fully saturated rings. The van der Waals surface area contributed by atoms with E-state index in [1.54, 1.807) is 12.1 Å². The minimum absolute atomic E-state index is 0. The van der Waals surface area contributed by atoms with E-state index in [2.05, 4.69) is 15.0 Å². The summed E-state index contributed by atoms with van der Waals surface area (Å²) in [6.45, 7) is 3.21. The molecule has 0 aliphatic rings. The largest absolute Gasteiger partial charge is 0.370 e. The summed E-state index contributed by atoms with van der Waals surface area (Å²) in [5.74, 6) is 0.314. The van der Waals surface area contributed by atoms with E-state index in [4.69, 9.17) is 17.3 Å². The van der Waals surface area contributed by atoms with E-state index in [1.165, 1.54) is 12.1 Å². The van der Waals surface area contributed by atoms with Gasteiger partial charge in [0.25, 0.3) is 0 Å². The van der Waals surface area contributed by atoms with Crippen molar-refractivity contribution in [3.8, 4) is 0 Å². The first-order chi connectivity index (χ1) is 9.45. The molecular formula is C12H20ClIN4O2S. The Labute approximate surface area is 147 Å². The van der Waals surface area contributed by atoms with Crippen LogP contribution in [-0.4, -0.2) is 34.0 Å². The molecule has 0 spiro atoms. The third kappa shape index (κ3) is 7.84. The number of rotatable bonds is 7. The molecule has 120 valence electrons. The summed E-state index contributed by atoms with van der Waals surface area (Å²) in [4.78, 5) is 4.17. The summed E-state index contributed by atoms with van der Waals surface area (Å²) in [5, 5.41) is 3.20. The summed E-state index contributed by atoms with van der Waals surface area (Å²) >= 11 is 5.77. The second-order valence-corrected chi connectivity index (χ2v) is 6.25. The minimum atomic E-state index is -3.55. The topological polar surface area (TPSA) is 96.6 Å². The lowest BCUT2D eigenvalue weighted by Gasteiger charge is -2.08. The highest BCUT2D eigenvalue weighted by Crippen LogP contribution is 2.14. The predicted molar refractivity (Wildman–Crippen MR) is 96.8 cm³/mol. The van der Waals surface area contributed by atoms with E-state index < -0.39 is 10.0 Å². The fraction of sp³-hybridized carbons (Fsp3) is 0.417. The molecule has 0 heterocycles. The number of nitrogens with one attached hydrogen (secondary N) is 2. The van der Waals surface area contributed by atoms with Crippen LogP contribution >= 0.6 is 35.6 Å². The van der Waals surface area contributed by atoms with Gasteiger partial charge in [0.1, 0.15) is 0 Å². The number of benzene rings is 1. The van der Waals surface area contributed by atoms with Gasteiger partial charge in [-0.1, -0.05) is 24.6 Å². The molecule has 4 N–H and O–H groups in total. The van der Waals surface area contributed by atoms with Crippen LogP contribution in [0.25, 0.3) is 0 Å². The van der Waals surface area contributed by atoms with Crippen molar-refractivity contribution in [2.24, 2.45) is 10.7 Å². The van der Waals surface area contributed by atoms with Crippen LogP contribution in [-0.2, 0) is 10.0 Å². The maximum atomic E-state index is 11.9. The maximum Gasteiger partial charge on any atom is 0.240 e. The van der Waals surface area contributed by atoms with Crippen molar-refractivity contribution in [1.29, 1.82) is 0 Å². The number of halogens is 2. The zero-order valence-electron chi connectivity index (χ0n) is 11.7. The van der Waals surface area contributed by atoms with Crippen LogP contribution in [0.4, 0.5) is 0 Å². The van der Waals surface area contributed by atoms with Crippen molar-refractivity contribution < 1.29 is 8.42 Å². The summed E-state index contributed by atoms with van der Waals surface area (Å²) in [7, 11) is -3.55. The molecule has 0 bridgehead atoms. The van der Waals surface area contributed by atoms with Gasteiger partial charge in [-0.05, 0) is 24.6 Å². The first-order valence-electron chi connectivity index (χ1n) is 6.24. The number of nitrogens with zero attached hydrogens (tertiary/aromatic N) is 1. The minimum Gasteiger partial charge on any atom is -0.370 e. The number of guanidine groups is 1. The smallest absolute Gasteiger partial charge is 0.240 e. The molecule has 0 radical (unpaired) electrons. The molecule has 9 heteroatoms. The SMILES string of the molecule is CCCN=C(N)NCCNS(=O)(=O)c1cccc(Cl)c1.I. The third-order valence-corrected chi connectivity index (χ3v) is 4.03. The lowest BCUT2D eigenvalue weighted by molar-refractivity contribution is 0.581. The van der Waals surface area contributed by atoms with Gasteiger partial charge >= 0.3 is 0 Å². The predicted octanol–water partition coefficient (Wildman–Crippen LogP) is 1.55. The van der Waals surface area contributed by atoms with E-state index in [0.29, 0.717) is 24.1 Å². The Hall–Kier alpha value is -0.580. The van der Waals surface area contributed by atoms with Crippen LogP contribution in [0.1, 0.15) is 13.3 Å². The first-order valence-corrected chi connectivity index (χ1v) is 8.11.